The Morgan fingerprint density at radius 3 is 2.70 bits per heavy atom. The molecule has 2 rings (SSSR count). The van der Waals surface area contributed by atoms with E-state index in [1.807, 2.05) is 25.1 Å². The summed E-state index contributed by atoms with van der Waals surface area (Å²) in [6, 6.07) is 5.91. The van der Waals surface area contributed by atoms with Crippen LogP contribution in [0.25, 0.3) is 0 Å². The van der Waals surface area contributed by atoms with E-state index in [0.717, 1.165) is 41.6 Å². The zero-order valence-electron chi connectivity index (χ0n) is 12.1. The van der Waals surface area contributed by atoms with Gasteiger partial charge in [-0.25, -0.2) is 4.98 Å². The molecular formula is C15H20N4O. The van der Waals surface area contributed by atoms with Gasteiger partial charge in [0.25, 0.3) is 0 Å². The average molecular weight is 272 g/mol. The highest BCUT2D eigenvalue weighted by molar-refractivity contribution is 5.59. The SMILES string of the molecule is CCCNc1cncc(Nc2ccc(OC)c(C)c2)n1. The molecule has 0 aliphatic heterocycles. The first-order valence-electron chi connectivity index (χ1n) is 6.70. The maximum absolute atomic E-state index is 5.25. The molecular weight excluding hydrogens is 252 g/mol. The van der Waals surface area contributed by atoms with Crippen LogP contribution in [0.3, 0.4) is 0 Å². The van der Waals surface area contributed by atoms with Gasteiger partial charge in [-0.1, -0.05) is 6.92 Å². The van der Waals surface area contributed by atoms with Crippen LogP contribution in [0, 0.1) is 6.92 Å². The summed E-state index contributed by atoms with van der Waals surface area (Å²) in [5, 5.41) is 6.46. The quantitative estimate of drug-likeness (QED) is 0.844. The average Bonchev–Trinajstić information content (AvgIpc) is 2.46. The van der Waals surface area contributed by atoms with E-state index in [4.69, 9.17) is 4.74 Å². The first kappa shape index (κ1) is 14.1. The van der Waals surface area contributed by atoms with Gasteiger partial charge >= 0.3 is 0 Å². The van der Waals surface area contributed by atoms with Gasteiger partial charge < -0.3 is 15.4 Å². The highest BCUT2D eigenvalue weighted by Gasteiger charge is 2.02. The molecule has 5 heteroatoms. The van der Waals surface area contributed by atoms with E-state index in [0.29, 0.717) is 0 Å². The maximum Gasteiger partial charge on any atom is 0.151 e. The number of hydrogen-bond acceptors (Lipinski definition) is 5. The van der Waals surface area contributed by atoms with Gasteiger partial charge in [-0.15, -0.1) is 0 Å². The lowest BCUT2D eigenvalue weighted by molar-refractivity contribution is 0.412. The normalized spacial score (nSPS) is 10.2. The summed E-state index contributed by atoms with van der Waals surface area (Å²) in [6.07, 6.45) is 4.48. The third kappa shape index (κ3) is 3.60. The number of nitrogens with one attached hydrogen (secondary N) is 2. The van der Waals surface area contributed by atoms with Crippen LogP contribution in [0.2, 0.25) is 0 Å². The molecule has 0 spiro atoms. The molecule has 0 amide bonds. The van der Waals surface area contributed by atoms with Crippen molar-refractivity contribution < 1.29 is 4.74 Å². The van der Waals surface area contributed by atoms with Crippen LogP contribution in [-0.4, -0.2) is 23.6 Å². The predicted molar refractivity (Wildman–Crippen MR) is 81.8 cm³/mol. The van der Waals surface area contributed by atoms with E-state index in [1.54, 1.807) is 19.5 Å². The van der Waals surface area contributed by atoms with Crippen molar-refractivity contribution in [3.8, 4) is 5.75 Å². The van der Waals surface area contributed by atoms with E-state index >= 15 is 0 Å². The summed E-state index contributed by atoms with van der Waals surface area (Å²) in [5.74, 6) is 2.37. The van der Waals surface area contributed by atoms with Crippen LogP contribution < -0.4 is 15.4 Å². The maximum atomic E-state index is 5.25. The molecule has 0 bridgehead atoms. The summed E-state index contributed by atoms with van der Waals surface area (Å²) in [4.78, 5) is 8.64. The highest BCUT2D eigenvalue weighted by atomic mass is 16.5. The molecule has 20 heavy (non-hydrogen) atoms. The van der Waals surface area contributed by atoms with Gasteiger partial charge in [0, 0.05) is 12.2 Å². The highest BCUT2D eigenvalue weighted by Crippen LogP contribution is 2.23. The van der Waals surface area contributed by atoms with Crippen LogP contribution in [0.15, 0.2) is 30.6 Å². The van der Waals surface area contributed by atoms with Crippen molar-refractivity contribution in [2.45, 2.75) is 20.3 Å². The molecule has 2 aromatic rings. The third-order valence-corrected chi connectivity index (χ3v) is 2.86. The number of benzene rings is 1. The number of rotatable bonds is 6. The minimum absolute atomic E-state index is 0.718. The van der Waals surface area contributed by atoms with E-state index in [1.165, 1.54) is 0 Å². The summed E-state index contributed by atoms with van der Waals surface area (Å²) in [5.41, 5.74) is 2.04. The molecule has 0 aliphatic rings. The molecule has 1 heterocycles. The van der Waals surface area contributed by atoms with Crippen molar-refractivity contribution in [2.75, 3.05) is 24.3 Å². The first-order valence-corrected chi connectivity index (χ1v) is 6.70. The molecule has 0 saturated heterocycles. The van der Waals surface area contributed by atoms with E-state index in [2.05, 4.69) is 27.5 Å². The smallest absolute Gasteiger partial charge is 0.151 e. The fraction of sp³-hybridized carbons (Fsp3) is 0.333. The Morgan fingerprint density at radius 1 is 1.20 bits per heavy atom. The van der Waals surface area contributed by atoms with Crippen molar-refractivity contribution >= 4 is 17.3 Å². The number of nitrogens with zero attached hydrogens (tertiary/aromatic N) is 2. The number of ether oxygens (including phenoxy) is 1. The molecule has 0 unspecified atom stereocenters. The second kappa shape index (κ2) is 6.75. The lowest BCUT2D eigenvalue weighted by atomic mass is 10.2. The zero-order valence-corrected chi connectivity index (χ0v) is 12.1. The molecule has 1 aromatic heterocycles. The fourth-order valence-electron chi connectivity index (χ4n) is 1.87. The van der Waals surface area contributed by atoms with Gasteiger partial charge in [0.05, 0.1) is 19.5 Å². The minimum atomic E-state index is 0.718. The Kier molecular flexibility index (Phi) is 4.76. The van der Waals surface area contributed by atoms with Crippen LogP contribution >= 0.6 is 0 Å². The molecule has 106 valence electrons. The van der Waals surface area contributed by atoms with Crippen LogP contribution in [0.1, 0.15) is 18.9 Å². The van der Waals surface area contributed by atoms with Crippen LogP contribution in [-0.2, 0) is 0 Å². The lowest BCUT2D eigenvalue weighted by Crippen LogP contribution is -2.04. The van der Waals surface area contributed by atoms with Gasteiger partial charge in [-0.2, -0.15) is 0 Å². The Balaban J connectivity index is 2.11. The van der Waals surface area contributed by atoms with Gasteiger partial charge in [0.2, 0.25) is 0 Å². The van der Waals surface area contributed by atoms with Crippen molar-refractivity contribution in [2.24, 2.45) is 0 Å². The second-order valence-corrected chi connectivity index (χ2v) is 4.53. The topological polar surface area (TPSA) is 59.1 Å². The van der Waals surface area contributed by atoms with Crippen molar-refractivity contribution in [3.05, 3.63) is 36.2 Å². The van der Waals surface area contributed by atoms with Crippen molar-refractivity contribution in [1.82, 2.24) is 9.97 Å². The van der Waals surface area contributed by atoms with E-state index in [9.17, 15) is 0 Å². The molecule has 5 nitrogen and oxygen atoms in total. The Bertz CT molecular complexity index is 572. The van der Waals surface area contributed by atoms with Crippen molar-refractivity contribution in [3.63, 3.8) is 0 Å². The monoisotopic (exact) mass is 272 g/mol. The van der Waals surface area contributed by atoms with Gasteiger partial charge in [-0.05, 0) is 37.1 Å². The minimum Gasteiger partial charge on any atom is -0.496 e. The predicted octanol–water partition coefficient (Wildman–Crippen LogP) is 3.36. The molecule has 0 saturated carbocycles. The van der Waals surface area contributed by atoms with Crippen molar-refractivity contribution in [1.29, 1.82) is 0 Å². The van der Waals surface area contributed by atoms with Gasteiger partial charge in [0.1, 0.15) is 11.6 Å². The lowest BCUT2D eigenvalue weighted by Gasteiger charge is -2.10. The Hall–Kier alpha value is -2.30. The third-order valence-electron chi connectivity index (χ3n) is 2.86. The van der Waals surface area contributed by atoms with Crippen LogP contribution in [0.4, 0.5) is 17.3 Å². The molecule has 0 atom stereocenters. The largest absolute Gasteiger partial charge is 0.496 e. The summed E-state index contributed by atoms with van der Waals surface area (Å²) >= 11 is 0. The number of aromatic nitrogens is 2. The molecule has 0 radical (unpaired) electrons. The summed E-state index contributed by atoms with van der Waals surface area (Å²) < 4.78 is 5.25. The molecule has 1 aromatic carbocycles. The van der Waals surface area contributed by atoms with Crippen LogP contribution in [0.5, 0.6) is 5.75 Å². The summed E-state index contributed by atoms with van der Waals surface area (Å²) in [7, 11) is 1.67. The molecule has 0 aliphatic carbocycles. The molecule has 0 fully saturated rings. The van der Waals surface area contributed by atoms with Gasteiger partial charge in [-0.3, -0.25) is 4.98 Å². The Morgan fingerprint density at radius 2 is 2.00 bits per heavy atom. The number of aryl methyl sites for hydroxylation is 1. The summed E-state index contributed by atoms with van der Waals surface area (Å²) in [6.45, 7) is 5.01. The molecule has 2 N–H and O–H groups in total. The Labute approximate surface area is 119 Å². The second-order valence-electron chi connectivity index (χ2n) is 4.53. The van der Waals surface area contributed by atoms with Gasteiger partial charge in [0.15, 0.2) is 5.82 Å². The van der Waals surface area contributed by atoms with E-state index in [-0.39, 0.29) is 0 Å². The first-order chi connectivity index (χ1) is 9.72. The number of methoxy groups -OCH3 is 1. The standard InChI is InChI=1S/C15H20N4O/c1-4-7-17-14-9-16-10-15(19-14)18-12-5-6-13(20-3)11(2)8-12/h5-6,8-10H,4,7H2,1-3H3,(H2,17,18,19). The fourth-order valence-corrected chi connectivity index (χ4v) is 1.87. The van der Waals surface area contributed by atoms with E-state index < -0.39 is 0 Å². The number of anilines is 3. The number of hydrogen-bond donors (Lipinski definition) is 2. The zero-order chi connectivity index (χ0) is 14.4.